The molecule has 3 aromatic carbocycles. The molecule has 0 radical (unpaired) electrons. The van der Waals surface area contributed by atoms with Crippen LogP contribution in [0.2, 0.25) is 0 Å². The molecular weight excluding hydrogens is 536 g/mol. The quantitative estimate of drug-likeness (QED) is 0.235. The Morgan fingerprint density at radius 3 is 1.88 bits per heavy atom. The third-order valence-electron chi connectivity index (χ3n) is 7.31. The molecule has 0 aromatic heterocycles. The fourth-order valence-electron chi connectivity index (χ4n) is 4.96. The Labute approximate surface area is 246 Å². The maximum Gasteiger partial charge on any atom is 0.329 e. The molecule has 1 fully saturated rings. The number of carbonyl (C=O) groups excluding carboxylic acids is 3. The highest BCUT2D eigenvalue weighted by atomic mass is 16.7. The lowest BCUT2D eigenvalue weighted by atomic mass is 9.95. The Balaban J connectivity index is 1.36. The molecule has 9 heteroatoms. The molecule has 222 valence electrons. The van der Waals surface area contributed by atoms with Crippen molar-refractivity contribution in [3.8, 4) is 0 Å². The number of amides is 1. The van der Waals surface area contributed by atoms with Gasteiger partial charge in [0.15, 0.2) is 6.29 Å². The minimum atomic E-state index is -1.21. The second-order valence-corrected chi connectivity index (χ2v) is 10.2. The standard InChI is InChI=1S/C33H38N2O7/c1-39-33(40-2)27-17-19-35(20-18-27)28-15-13-26(14-16-28)31(37)34-29(32(38)42-23-25-11-7-4-8-12-25)21-30(36)41-22-24-9-5-3-6-10-24/h3-16,27,29,33H,17-23H2,1-2H3,(H,34,37)/t29-/m0/s1. The van der Waals surface area contributed by atoms with Crippen molar-refractivity contribution in [1.29, 1.82) is 0 Å². The lowest BCUT2D eigenvalue weighted by Crippen LogP contribution is -2.43. The first-order chi connectivity index (χ1) is 20.5. The van der Waals surface area contributed by atoms with Gasteiger partial charge in [0, 0.05) is 44.5 Å². The Hall–Kier alpha value is -4.21. The molecule has 1 atom stereocenters. The van der Waals surface area contributed by atoms with E-state index >= 15 is 0 Å². The van der Waals surface area contributed by atoms with Crippen LogP contribution in [0.15, 0.2) is 84.9 Å². The molecule has 0 aliphatic carbocycles. The molecule has 1 aliphatic rings. The molecule has 1 amide bonds. The van der Waals surface area contributed by atoms with Crippen molar-refractivity contribution in [1.82, 2.24) is 5.32 Å². The lowest BCUT2D eigenvalue weighted by Gasteiger charge is -2.36. The van der Waals surface area contributed by atoms with Crippen LogP contribution in [0.5, 0.6) is 0 Å². The first-order valence-electron chi connectivity index (χ1n) is 14.1. The van der Waals surface area contributed by atoms with Crippen LogP contribution < -0.4 is 10.2 Å². The number of esters is 2. The lowest BCUT2D eigenvalue weighted by molar-refractivity contribution is -0.153. The van der Waals surface area contributed by atoms with E-state index in [1.165, 1.54) is 0 Å². The fraction of sp³-hybridized carbons (Fsp3) is 0.364. The van der Waals surface area contributed by atoms with Crippen molar-refractivity contribution in [2.75, 3.05) is 32.2 Å². The minimum absolute atomic E-state index is 0.0198. The molecule has 1 heterocycles. The smallest absolute Gasteiger partial charge is 0.329 e. The number of ether oxygens (including phenoxy) is 4. The largest absolute Gasteiger partial charge is 0.461 e. The predicted octanol–water partition coefficient (Wildman–Crippen LogP) is 4.50. The SMILES string of the molecule is COC(OC)C1CCN(c2ccc(C(=O)N[C@@H](CC(=O)OCc3ccccc3)C(=O)OCc3ccccc3)cc2)CC1. The highest BCUT2D eigenvalue weighted by Gasteiger charge is 2.28. The maximum atomic E-state index is 13.2. The van der Waals surface area contributed by atoms with Crippen molar-refractivity contribution in [3.05, 3.63) is 102 Å². The van der Waals surface area contributed by atoms with Crippen LogP contribution in [-0.2, 0) is 41.8 Å². The summed E-state index contributed by atoms with van der Waals surface area (Å²) in [5, 5.41) is 2.67. The van der Waals surface area contributed by atoms with E-state index in [9.17, 15) is 14.4 Å². The normalized spacial score (nSPS) is 14.3. The molecule has 0 saturated carbocycles. The average Bonchev–Trinajstić information content (AvgIpc) is 3.04. The number of rotatable bonds is 13. The second-order valence-electron chi connectivity index (χ2n) is 10.2. The molecule has 0 bridgehead atoms. The molecule has 9 nitrogen and oxygen atoms in total. The van der Waals surface area contributed by atoms with Gasteiger partial charge in [-0.25, -0.2) is 4.79 Å². The summed E-state index contributed by atoms with van der Waals surface area (Å²) in [6.45, 7) is 1.78. The van der Waals surface area contributed by atoms with Gasteiger partial charge in [-0.05, 0) is 48.2 Å². The third kappa shape index (κ3) is 8.89. The summed E-state index contributed by atoms with van der Waals surface area (Å²) in [5.74, 6) is -1.49. The van der Waals surface area contributed by atoms with Gasteiger partial charge in [0.25, 0.3) is 5.91 Å². The molecule has 0 spiro atoms. The highest BCUT2D eigenvalue weighted by Crippen LogP contribution is 2.27. The van der Waals surface area contributed by atoms with Crippen molar-refractivity contribution in [2.45, 2.75) is 44.8 Å². The molecule has 0 unspecified atom stereocenters. The molecule has 1 N–H and O–H groups in total. The maximum absolute atomic E-state index is 13.2. The Bertz CT molecular complexity index is 1270. The number of benzene rings is 3. The summed E-state index contributed by atoms with van der Waals surface area (Å²) in [4.78, 5) is 41.1. The molecule has 3 aromatic rings. The van der Waals surface area contributed by atoms with Gasteiger partial charge in [-0.1, -0.05) is 60.7 Å². The number of piperidine rings is 1. The zero-order valence-corrected chi connectivity index (χ0v) is 24.1. The summed E-state index contributed by atoms with van der Waals surface area (Å²) < 4.78 is 21.6. The van der Waals surface area contributed by atoms with Gasteiger partial charge < -0.3 is 29.2 Å². The van der Waals surface area contributed by atoms with Gasteiger partial charge in [-0.3, -0.25) is 9.59 Å². The number of carbonyl (C=O) groups is 3. The number of anilines is 1. The van der Waals surface area contributed by atoms with E-state index in [0.29, 0.717) is 11.5 Å². The van der Waals surface area contributed by atoms with Gasteiger partial charge in [0.1, 0.15) is 19.3 Å². The van der Waals surface area contributed by atoms with Crippen LogP contribution >= 0.6 is 0 Å². The molecular formula is C33H38N2O7. The van der Waals surface area contributed by atoms with E-state index in [0.717, 1.165) is 42.7 Å². The number of methoxy groups -OCH3 is 2. The number of nitrogens with one attached hydrogen (secondary N) is 1. The molecule has 42 heavy (non-hydrogen) atoms. The topological polar surface area (TPSA) is 103 Å². The molecule has 4 rings (SSSR count). The average molecular weight is 575 g/mol. The molecule has 1 aliphatic heterocycles. The Kier molecular flexibility index (Phi) is 11.5. The van der Waals surface area contributed by atoms with E-state index in [-0.39, 0.29) is 25.9 Å². The molecule has 1 saturated heterocycles. The minimum Gasteiger partial charge on any atom is -0.461 e. The van der Waals surface area contributed by atoms with Gasteiger partial charge in [0.2, 0.25) is 0 Å². The summed E-state index contributed by atoms with van der Waals surface area (Å²) >= 11 is 0. The van der Waals surface area contributed by atoms with E-state index in [4.69, 9.17) is 18.9 Å². The van der Waals surface area contributed by atoms with E-state index in [2.05, 4.69) is 10.2 Å². The van der Waals surface area contributed by atoms with E-state index in [1.54, 1.807) is 26.4 Å². The van der Waals surface area contributed by atoms with E-state index in [1.807, 2.05) is 72.8 Å². The highest BCUT2D eigenvalue weighted by molar-refractivity contribution is 5.98. The number of hydrogen-bond acceptors (Lipinski definition) is 8. The van der Waals surface area contributed by atoms with Gasteiger partial charge in [-0.15, -0.1) is 0 Å². The fourth-order valence-corrected chi connectivity index (χ4v) is 4.96. The van der Waals surface area contributed by atoms with Gasteiger partial charge >= 0.3 is 11.9 Å². The van der Waals surface area contributed by atoms with Crippen molar-refractivity contribution < 1.29 is 33.3 Å². The van der Waals surface area contributed by atoms with Gasteiger partial charge in [-0.2, -0.15) is 0 Å². The summed E-state index contributed by atoms with van der Waals surface area (Å²) in [7, 11) is 3.32. The number of nitrogens with zero attached hydrogens (tertiary/aromatic N) is 1. The van der Waals surface area contributed by atoms with Crippen LogP contribution in [0.3, 0.4) is 0 Å². The Morgan fingerprint density at radius 1 is 0.786 bits per heavy atom. The first-order valence-corrected chi connectivity index (χ1v) is 14.1. The zero-order valence-electron chi connectivity index (χ0n) is 24.1. The predicted molar refractivity (Wildman–Crippen MR) is 158 cm³/mol. The van der Waals surface area contributed by atoms with Crippen LogP contribution in [0.4, 0.5) is 5.69 Å². The first kappa shape index (κ1) is 30.7. The van der Waals surface area contributed by atoms with Crippen molar-refractivity contribution in [2.24, 2.45) is 5.92 Å². The van der Waals surface area contributed by atoms with E-state index < -0.39 is 23.9 Å². The number of hydrogen-bond donors (Lipinski definition) is 1. The summed E-state index contributed by atoms with van der Waals surface area (Å²) in [6, 6.07) is 24.4. The summed E-state index contributed by atoms with van der Waals surface area (Å²) in [6.07, 6.45) is 1.30. The zero-order chi connectivity index (χ0) is 29.7. The van der Waals surface area contributed by atoms with Gasteiger partial charge in [0.05, 0.1) is 6.42 Å². The Morgan fingerprint density at radius 2 is 1.33 bits per heavy atom. The second kappa shape index (κ2) is 15.7. The monoisotopic (exact) mass is 574 g/mol. The van der Waals surface area contributed by atoms with Crippen molar-refractivity contribution in [3.63, 3.8) is 0 Å². The van der Waals surface area contributed by atoms with Crippen LogP contribution in [0, 0.1) is 5.92 Å². The van der Waals surface area contributed by atoms with Crippen molar-refractivity contribution >= 4 is 23.5 Å². The van der Waals surface area contributed by atoms with Crippen LogP contribution in [-0.4, -0.2) is 57.5 Å². The summed E-state index contributed by atoms with van der Waals surface area (Å²) in [5.41, 5.74) is 2.98. The third-order valence-corrected chi connectivity index (χ3v) is 7.31. The van der Waals surface area contributed by atoms with Crippen LogP contribution in [0.25, 0.3) is 0 Å². The van der Waals surface area contributed by atoms with Crippen LogP contribution in [0.1, 0.15) is 40.7 Å².